The number of fused-ring (bicyclic) bond motifs is 2. The van der Waals surface area contributed by atoms with Gasteiger partial charge in [-0.3, -0.25) is 0 Å². The zero-order valence-corrected chi connectivity index (χ0v) is 13.9. The van der Waals surface area contributed by atoms with E-state index in [-0.39, 0.29) is 18.0 Å². The number of carbonyl (C=O) groups excluding carboxylic acids is 1. The lowest BCUT2D eigenvalue weighted by atomic mass is 9.89. The minimum Gasteiger partial charge on any atom is -0.432 e. The zero-order chi connectivity index (χ0) is 15.6. The topological polar surface area (TPSA) is 35.5 Å². The maximum absolute atomic E-state index is 11.8. The molecule has 120 valence electrons. The van der Waals surface area contributed by atoms with E-state index in [0.29, 0.717) is 11.5 Å². The fourth-order valence-electron chi connectivity index (χ4n) is 3.70. The molecule has 0 saturated heterocycles. The lowest BCUT2D eigenvalue weighted by Gasteiger charge is -2.29. The van der Waals surface area contributed by atoms with Gasteiger partial charge in [-0.1, -0.05) is 40.2 Å². The van der Waals surface area contributed by atoms with Crippen LogP contribution >= 0.6 is 0 Å². The fourth-order valence-corrected chi connectivity index (χ4v) is 3.70. The van der Waals surface area contributed by atoms with E-state index in [1.165, 1.54) is 25.7 Å². The highest BCUT2D eigenvalue weighted by atomic mass is 16.7. The van der Waals surface area contributed by atoms with Crippen molar-refractivity contribution in [2.75, 3.05) is 0 Å². The van der Waals surface area contributed by atoms with Gasteiger partial charge in [0, 0.05) is 11.5 Å². The third-order valence-corrected chi connectivity index (χ3v) is 5.13. The van der Waals surface area contributed by atoms with Crippen LogP contribution in [0.1, 0.15) is 59.8 Å². The van der Waals surface area contributed by atoms with Crippen LogP contribution in [0.4, 0.5) is 0 Å². The molecule has 2 aliphatic rings. The monoisotopic (exact) mass is 294 g/mol. The van der Waals surface area contributed by atoms with Gasteiger partial charge in [-0.05, 0) is 43.9 Å². The van der Waals surface area contributed by atoms with Crippen molar-refractivity contribution in [1.82, 2.24) is 0 Å². The molecule has 5 atom stereocenters. The van der Waals surface area contributed by atoms with Crippen LogP contribution < -0.4 is 0 Å². The second-order valence-corrected chi connectivity index (χ2v) is 7.37. The van der Waals surface area contributed by atoms with E-state index in [2.05, 4.69) is 13.5 Å². The molecule has 0 aromatic heterocycles. The predicted molar refractivity (Wildman–Crippen MR) is 83.6 cm³/mol. The molecule has 5 unspecified atom stereocenters. The van der Waals surface area contributed by atoms with Gasteiger partial charge in [0.1, 0.15) is 0 Å². The molecule has 2 aliphatic carbocycles. The number of rotatable bonds is 5. The summed E-state index contributed by atoms with van der Waals surface area (Å²) < 4.78 is 11.7. The molecule has 2 bridgehead atoms. The smallest absolute Gasteiger partial charge is 0.335 e. The van der Waals surface area contributed by atoms with Crippen molar-refractivity contribution in [3.05, 3.63) is 12.2 Å². The number of ether oxygens (including phenoxy) is 2. The van der Waals surface area contributed by atoms with Crippen molar-refractivity contribution >= 4 is 5.97 Å². The lowest BCUT2D eigenvalue weighted by molar-refractivity contribution is -0.203. The molecule has 0 aromatic rings. The van der Waals surface area contributed by atoms with Gasteiger partial charge < -0.3 is 9.47 Å². The highest BCUT2D eigenvalue weighted by Gasteiger charge is 2.41. The Labute approximate surface area is 129 Å². The number of hydrogen-bond donors (Lipinski definition) is 0. The molecule has 2 saturated carbocycles. The first-order valence-corrected chi connectivity index (χ1v) is 8.40. The normalized spacial score (nSPS) is 33.6. The average molecular weight is 294 g/mol. The van der Waals surface area contributed by atoms with Crippen LogP contribution in [0.3, 0.4) is 0 Å². The minimum atomic E-state index is -0.449. The summed E-state index contributed by atoms with van der Waals surface area (Å²) in [5, 5.41) is 0. The van der Waals surface area contributed by atoms with E-state index in [1.807, 2.05) is 13.8 Å². The molecule has 0 heterocycles. The largest absolute Gasteiger partial charge is 0.432 e. The molecule has 0 amide bonds. The van der Waals surface area contributed by atoms with Crippen LogP contribution in [0.2, 0.25) is 0 Å². The quantitative estimate of drug-likeness (QED) is 0.430. The summed E-state index contributed by atoms with van der Waals surface area (Å²) >= 11 is 0. The highest BCUT2D eigenvalue weighted by Crippen LogP contribution is 2.45. The van der Waals surface area contributed by atoms with E-state index in [0.717, 1.165) is 18.3 Å². The van der Waals surface area contributed by atoms with Crippen LogP contribution in [0, 0.1) is 23.7 Å². The van der Waals surface area contributed by atoms with Crippen molar-refractivity contribution < 1.29 is 14.3 Å². The molecule has 3 nitrogen and oxygen atoms in total. The number of carbonyl (C=O) groups is 1. The first-order valence-electron chi connectivity index (χ1n) is 8.40. The highest BCUT2D eigenvalue weighted by molar-refractivity contribution is 5.87. The Morgan fingerprint density at radius 1 is 1.19 bits per heavy atom. The van der Waals surface area contributed by atoms with Gasteiger partial charge in [-0.25, -0.2) is 4.79 Å². The Hall–Kier alpha value is -0.830. The number of hydrogen-bond acceptors (Lipinski definition) is 3. The molecule has 0 N–H and O–H groups in total. The maximum atomic E-state index is 11.8. The van der Waals surface area contributed by atoms with E-state index in [9.17, 15) is 4.79 Å². The lowest BCUT2D eigenvalue weighted by Crippen LogP contribution is -2.33. The summed E-state index contributed by atoms with van der Waals surface area (Å²) in [6.45, 7) is 11.8. The zero-order valence-electron chi connectivity index (χ0n) is 13.9. The van der Waals surface area contributed by atoms with E-state index < -0.39 is 6.29 Å². The summed E-state index contributed by atoms with van der Waals surface area (Å²) in [4.78, 5) is 11.8. The van der Waals surface area contributed by atoms with Gasteiger partial charge in [0.15, 0.2) is 0 Å². The molecule has 2 fully saturated rings. The second kappa shape index (κ2) is 6.95. The van der Waals surface area contributed by atoms with E-state index >= 15 is 0 Å². The maximum Gasteiger partial charge on any atom is 0.335 e. The third kappa shape index (κ3) is 4.09. The Morgan fingerprint density at radius 2 is 1.90 bits per heavy atom. The van der Waals surface area contributed by atoms with Gasteiger partial charge in [0.2, 0.25) is 6.29 Å². The summed E-state index contributed by atoms with van der Waals surface area (Å²) in [6, 6.07) is 0. The van der Waals surface area contributed by atoms with Gasteiger partial charge >= 0.3 is 5.97 Å². The molecule has 21 heavy (non-hydrogen) atoms. The summed E-state index contributed by atoms with van der Waals surface area (Å²) in [5.74, 6) is 2.05. The Morgan fingerprint density at radius 3 is 2.52 bits per heavy atom. The first kappa shape index (κ1) is 16.5. The molecule has 0 aliphatic heterocycles. The average Bonchev–Trinajstić information content (AvgIpc) is 2.70. The second-order valence-electron chi connectivity index (χ2n) is 7.37. The van der Waals surface area contributed by atoms with Crippen molar-refractivity contribution in [2.45, 2.75) is 72.2 Å². The molecule has 0 radical (unpaired) electrons. The molecule has 0 spiro atoms. The molecule has 0 aromatic carbocycles. The van der Waals surface area contributed by atoms with Crippen LogP contribution in [0.25, 0.3) is 0 Å². The molecular formula is C18H30O3. The molecule has 2 rings (SSSR count). The summed E-state index contributed by atoms with van der Waals surface area (Å²) in [6.07, 6.45) is 6.13. The van der Waals surface area contributed by atoms with E-state index in [4.69, 9.17) is 9.47 Å². The Kier molecular flexibility index (Phi) is 5.48. The van der Waals surface area contributed by atoms with Crippen molar-refractivity contribution in [1.29, 1.82) is 0 Å². The SMILES string of the molecule is C=C(C)C(=O)OC(OC1CC2CC1CCCC2C)C(C)C. The molecule has 3 heteroatoms. The Bertz CT molecular complexity index is 388. The first-order chi connectivity index (χ1) is 9.88. The summed E-state index contributed by atoms with van der Waals surface area (Å²) in [7, 11) is 0. The Balaban J connectivity index is 1.97. The van der Waals surface area contributed by atoms with E-state index in [1.54, 1.807) is 6.92 Å². The fraction of sp³-hybridized carbons (Fsp3) is 0.833. The van der Waals surface area contributed by atoms with Crippen LogP contribution in [0.5, 0.6) is 0 Å². The number of esters is 1. The van der Waals surface area contributed by atoms with Crippen molar-refractivity contribution in [3.8, 4) is 0 Å². The van der Waals surface area contributed by atoms with Gasteiger partial charge in [0.25, 0.3) is 0 Å². The molecular weight excluding hydrogens is 264 g/mol. The van der Waals surface area contributed by atoms with Crippen LogP contribution in [-0.4, -0.2) is 18.4 Å². The third-order valence-electron chi connectivity index (χ3n) is 5.13. The minimum absolute atomic E-state index is 0.161. The van der Waals surface area contributed by atoms with Gasteiger partial charge in [-0.2, -0.15) is 0 Å². The predicted octanol–water partition coefficient (Wildman–Crippen LogP) is 4.32. The van der Waals surface area contributed by atoms with Crippen molar-refractivity contribution in [2.24, 2.45) is 23.7 Å². The summed E-state index contributed by atoms with van der Waals surface area (Å²) in [5.41, 5.74) is 0.430. The van der Waals surface area contributed by atoms with Crippen molar-refractivity contribution in [3.63, 3.8) is 0 Å². The van der Waals surface area contributed by atoms with Crippen LogP contribution in [0.15, 0.2) is 12.2 Å². The standard InChI is InChI=1S/C18H30O3/c1-11(2)17(19)21-18(12(3)4)20-16-10-15-9-14(16)8-6-7-13(15)5/h12-16,18H,1,6-10H2,2-5H3. The van der Waals surface area contributed by atoms with Crippen LogP contribution in [-0.2, 0) is 14.3 Å². The van der Waals surface area contributed by atoms with Gasteiger partial charge in [-0.15, -0.1) is 0 Å². The van der Waals surface area contributed by atoms with Gasteiger partial charge in [0.05, 0.1) is 6.10 Å².